The van der Waals surface area contributed by atoms with Crippen molar-refractivity contribution in [1.29, 1.82) is 0 Å². The standard InChI is InChI=1S/C15H32N2O2S/c1-6-13(4)15-11-17(7-8-20(5,18)19)14(10-16-15)9-12(2)3/h12-16H,6-11H2,1-5H3. The number of sulfone groups is 1. The monoisotopic (exact) mass is 304 g/mol. The van der Waals surface area contributed by atoms with Crippen molar-refractivity contribution in [3.63, 3.8) is 0 Å². The lowest BCUT2D eigenvalue weighted by Gasteiger charge is -2.43. The molecular weight excluding hydrogens is 272 g/mol. The minimum atomic E-state index is -2.88. The van der Waals surface area contributed by atoms with Crippen LogP contribution in [0.1, 0.15) is 40.5 Å². The van der Waals surface area contributed by atoms with E-state index in [9.17, 15) is 8.42 Å². The minimum Gasteiger partial charge on any atom is -0.311 e. The van der Waals surface area contributed by atoms with Gasteiger partial charge in [-0.2, -0.15) is 0 Å². The molecule has 1 rings (SSSR count). The van der Waals surface area contributed by atoms with Gasteiger partial charge in [-0.1, -0.05) is 34.1 Å². The molecule has 4 nitrogen and oxygen atoms in total. The zero-order valence-corrected chi connectivity index (χ0v) is 14.5. The number of rotatable bonds is 7. The van der Waals surface area contributed by atoms with E-state index in [-0.39, 0.29) is 5.75 Å². The van der Waals surface area contributed by atoms with Crippen LogP contribution in [0.5, 0.6) is 0 Å². The highest BCUT2D eigenvalue weighted by Gasteiger charge is 2.30. The van der Waals surface area contributed by atoms with Crippen molar-refractivity contribution in [2.45, 2.75) is 52.6 Å². The summed E-state index contributed by atoms with van der Waals surface area (Å²) in [7, 11) is -2.88. The first-order valence-electron chi connectivity index (χ1n) is 7.88. The van der Waals surface area contributed by atoms with E-state index in [1.54, 1.807) is 0 Å². The fraction of sp³-hybridized carbons (Fsp3) is 1.00. The van der Waals surface area contributed by atoms with Gasteiger partial charge in [-0.05, 0) is 18.3 Å². The highest BCUT2D eigenvalue weighted by atomic mass is 32.2. The van der Waals surface area contributed by atoms with Crippen LogP contribution in [0.3, 0.4) is 0 Å². The average molecular weight is 305 g/mol. The lowest BCUT2D eigenvalue weighted by molar-refractivity contribution is 0.102. The molecule has 0 amide bonds. The summed E-state index contributed by atoms with van der Waals surface area (Å²) in [6, 6.07) is 0.958. The van der Waals surface area contributed by atoms with Gasteiger partial charge in [0.05, 0.1) is 5.75 Å². The van der Waals surface area contributed by atoms with E-state index < -0.39 is 9.84 Å². The zero-order valence-electron chi connectivity index (χ0n) is 13.7. The predicted molar refractivity (Wildman–Crippen MR) is 85.8 cm³/mol. The van der Waals surface area contributed by atoms with Crippen LogP contribution in [0.25, 0.3) is 0 Å². The van der Waals surface area contributed by atoms with Crippen LogP contribution in [0.2, 0.25) is 0 Å². The Morgan fingerprint density at radius 1 is 1.30 bits per heavy atom. The Hall–Kier alpha value is -0.130. The molecule has 1 aliphatic rings. The van der Waals surface area contributed by atoms with Gasteiger partial charge in [-0.15, -0.1) is 0 Å². The minimum absolute atomic E-state index is 0.273. The first-order chi connectivity index (χ1) is 9.23. The van der Waals surface area contributed by atoms with Gasteiger partial charge in [0.25, 0.3) is 0 Å². The second kappa shape index (κ2) is 7.76. The van der Waals surface area contributed by atoms with Gasteiger partial charge in [0.2, 0.25) is 0 Å². The topological polar surface area (TPSA) is 49.4 Å². The van der Waals surface area contributed by atoms with Gasteiger partial charge in [-0.25, -0.2) is 8.42 Å². The number of hydrogen-bond donors (Lipinski definition) is 1. The largest absolute Gasteiger partial charge is 0.311 e. The maximum atomic E-state index is 11.4. The van der Waals surface area contributed by atoms with Crippen LogP contribution in [0.15, 0.2) is 0 Å². The van der Waals surface area contributed by atoms with E-state index in [1.165, 1.54) is 6.26 Å². The fourth-order valence-electron chi connectivity index (χ4n) is 2.88. The van der Waals surface area contributed by atoms with Crippen LogP contribution in [-0.2, 0) is 9.84 Å². The Bertz CT molecular complexity index is 381. The van der Waals surface area contributed by atoms with Crippen molar-refractivity contribution >= 4 is 9.84 Å². The third-order valence-corrected chi connectivity index (χ3v) is 5.31. The van der Waals surface area contributed by atoms with Crippen LogP contribution in [-0.4, -0.2) is 57.0 Å². The second-order valence-electron chi connectivity index (χ2n) is 6.81. The van der Waals surface area contributed by atoms with Gasteiger partial charge in [-0.3, -0.25) is 4.90 Å². The molecule has 3 atom stereocenters. The summed E-state index contributed by atoms with van der Waals surface area (Å²) in [4.78, 5) is 2.40. The van der Waals surface area contributed by atoms with E-state index in [0.29, 0.717) is 30.5 Å². The van der Waals surface area contributed by atoms with Crippen molar-refractivity contribution in [2.75, 3.05) is 31.6 Å². The molecule has 3 unspecified atom stereocenters. The summed E-state index contributed by atoms with van der Waals surface area (Å²) < 4.78 is 22.9. The van der Waals surface area contributed by atoms with Crippen molar-refractivity contribution in [2.24, 2.45) is 11.8 Å². The van der Waals surface area contributed by atoms with Gasteiger partial charge in [0, 0.05) is 38.0 Å². The summed E-state index contributed by atoms with van der Waals surface area (Å²) in [5, 5.41) is 3.66. The van der Waals surface area contributed by atoms with Crippen LogP contribution in [0.4, 0.5) is 0 Å². The molecule has 5 heteroatoms. The Balaban J connectivity index is 2.67. The molecule has 0 bridgehead atoms. The summed E-state index contributed by atoms with van der Waals surface area (Å²) in [6.07, 6.45) is 3.62. The summed E-state index contributed by atoms with van der Waals surface area (Å²) in [6.45, 7) is 11.6. The SMILES string of the molecule is CCC(C)C1CN(CCS(C)(=O)=O)C(CC(C)C)CN1. The molecule has 1 N–H and O–H groups in total. The van der Waals surface area contributed by atoms with E-state index >= 15 is 0 Å². The molecule has 1 aliphatic heterocycles. The van der Waals surface area contributed by atoms with Crippen LogP contribution < -0.4 is 5.32 Å². The van der Waals surface area contributed by atoms with E-state index in [4.69, 9.17) is 0 Å². The zero-order chi connectivity index (χ0) is 15.3. The Morgan fingerprint density at radius 3 is 2.45 bits per heavy atom. The van der Waals surface area contributed by atoms with E-state index in [0.717, 1.165) is 25.9 Å². The summed E-state index contributed by atoms with van der Waals surface area (Å²) in [5.41, 5.74) is 0. The Kier molecular flexibility index (Phi) is 6.95. The summed E-state index contributed by atoms with van der Waals surface area (Å²) >= 11 is 0. The number of hydrogen-bond acceptors (Lipinski definition) is 4. The first kappa shape index (κ1) is 17.9. The number of nitrogens with zero attached hydrogens (tertiary/aromatic N) is 1. The third-order valence-electron chi connectivity index (χ3n) is 4.39. The summed E-state index contributed by atoms with van der Waals surface area (Å²) in [5.74, 6) is 1.55. The van der Waals surface area contributed by atoms with Crippen molar-refractivity contribution < 1.29 is 8.42 Å². The first-order valence-corrected chi connectivity index (χ1v) is 9.94. The van der Waals surface area contributed by atoms with Crippen LogP contribution in [0, 0.1) is 11.8 Å². The maximum Gasteiger partial charge on any atom is 0.148 e. The van der Waals surface area contributed by atoms with Gasteiger partial charge in [0.15, 0.2) is 0 Å². The van der Waals surface area contributed by atoms with E-state index in [1.807, 2.05) is 0 Å². The smallest absolute Gasteiger partial charge is 0.148 e. The molecule has 0 radical (unpaired) electrons. The highest BCUT2D eigenvalue weighted by molar-refractivity contribution is 7.90. The van der Waals surface area contributed by atoms with Gasteiger partial charge >= 0.3 is 0 Å². The number of nitrogens with one attached hydrogen (secondary N) is 1. The van der Waals surface area contributed by atoms with Crippen molar-refractivity contribution in [3.8, 4) is 0 Å². The van der Waals surface area contributed by atoms with Crippen molar-refractivity contribution in [3.05, 3.63) is 0 Å². The molecule has 0 aliphatic carbocycles. The molecule has 1 saturated heterocycles. The Morgan fingerprint density at radius 2 is 1.95 bits per heavy atom. The van der Waals surface area contributed by atoms with Crippen molar-refractivity contribution in [1.82, 2.24) is 10.2 Å². The molecule has 0 spiro atoms. The highest BCUT2D eigenvalue weighted by Crippen LogP contribution is 2.19. The molecule has 0 aromatic carbocycles. The van der Waals surface area contributed by atoms with Gasteiger partial charge in [0.1, 0.15) is 9.84 Å². The maximum absolute atomic E-state index is 11.4. The number of piperazine rings is 1. The Labute approximate surface area is 125 Å². The molecule has 1 heterocycles. The lowest BCUT2D eigenvalue weighted by atomic mass is 9.93. The normalized spacial score (nSPS) is 26.9. The molecule has 0 saturated carbocycles. The molecule has 1 fully saturated rings. The van der Waals surface area contributed by atoms with E-state index in [2.05, 4.69) is 37.9 Å². The quantitative estimate of drug-likeness (QED) is 0.779. The average Bonchev–Trinajstić information content (AvgIpc) is 2.35. The van der Waals surface area contributed by atoms with Crippen LogP contribution >= 0.6 is 0 Å². The van der Waals surface area contributed by atoms with Gasteiger partial charge < -0.3 is 5.32 Å². The molecule has 20 heavy (non-hydrogen) atoms. The fourth-order valence-corrected chi connectivity index (χ4v) is 3.45. The molecule has 120 valence electrons. The molecular formula is C15H32N2O2S. The third kappa shape index (κ3) is 6.10. The predicted octanol–water partition coefficient (Wildman–Crippen LogP) is 1.77. The second-order valence-corrected chi connectivity index (χ2v) is 9.07. The lowest BCUT2D eigenvalue weighted by Crippen LogP contribution is -2.59. The molecule has 0 aromatic heterocycles. The molecule has 0 aromatic rings.